The van der Waals surface area contributed by atoms with E-state index in [2.05, 4.69) is 15.0 Å². The fraction of sp³-hybridized carbons (Fsp3) is 0.154. The van der Waals surface area contributed by atoms with Gasteiger partial charge < -0.3 is 5.73 Å². The molecule has 1 unspecified atom stereocenters. The van der Waals surface area contributed by atoms with Gasteiger partial charge in [-0.3, -0.25) is 9.97 Å². The van der Waals surface area contributed by atoms with Crippen molar-refractivity contribution in [2.75, 3.05) is 0 Å². The van der Waals surface area contributed by atoms with E-state index in [1.165, 1.54) is 0 Å². The van der Waals surface area contributed by atoms with E-state index < -0.39 is 0 Å². The molecule has 1 atom stereocenters. The molecule has 0 aliphatic heterocycles. The number of aromatic nitrogens is 3. The van der Waals surface area contributed by atoms with Crippen molar-refractivity contribution < 1.29 is 0 Å². The Bertz CT molecular complexity index is 690. The van der Waals surface area contributed by atoms with E-state index in [1.807, 2.05) is 30.5 Å². The van der Waals surface area contributed by atoms with Gasteiger partial charge in [0.1, 0.15) is 5.01 Å². The van der Waals surface area contributed by atoms with Gasteiger partial charge in [0.05, 0.1) is 16.7 Å². The number of hydrogen-bond donors (Lipinski definition) is 1. The summed E-state index contributed by atoms with van der Waals surface area (Å²) in [5.74, 6) is 0. The van der Waals surface area contributed by atoms with Crippen molar-refractivity contribution in [3.05, 3.63) is 41.7 Å². The number of benzene rings is 1. The van der Waals surface area contributed by atoms with Crippen LogP contribution in [0.5, 0.6) is 0 Å². The van der Waals surface area contributed by atoms with Gasteiger partial charge in [-0.15, -0.1) is 11.3 Å². The van der Waals surface area contributed by atoms with Crippen molar-refractivity contribution in [2.45, 2.75) is 13.0 Å². The molecule has 2 aromatic heterocycles. The molecule has 3 rings (SSSR count). The predicted octanol–water partition coefficient (Wildman–Crippen LogP) is 2.77. The summed E-state index contributed by atoms with van der Waals surface area (Å²) < 4.78 is 0. The van der Waals surface area contributed by atoms with Crippen LogP contribution >= 0.6 is 11.3 Å². The zero-order valence-corrected chi connectivity index (χ0v) is 10.7. The second kappa shape index (κ2) is 4.44. The standard InChI is InChI=1S/C13H12N4S/c1-8(14)12-7-18-13(17-12)9-2-3-10-11(6-9)16-5-4-15-10/h2-8H,14H2,1H3. The van der Waals surface area contributed by atoms with E-state index in [0.29, 0.717) is 0 Å². The van der Waals surface area contributed by atoms with Gasteiger partial charge in [0.15, 0.2) is 0 Å². The quantitative estimate of drug-likeness (QED) is 0.765. The average Bonchev–Trinajstić information content (AvgIpc) is 2.88. The summed E-state index contributed by atoms with van der Waals surface area (Å²) in [6.07, 6.45) is 3.39. The van der Waals surface area contributed by atoms with Crippen molar-refractivity contribution in [1.29, 1.82) is 0 Å². The minimum absolute atomic E-state index is 0.0322. The van der Waals surface area contributed by atoms with Crippen molar-refractivity contribution >= 4 is 22.4 Å². The van der Waals surface area contributed by atoms with Crippen LogP contribution in [0.4, 0.5) is 0 Å². The van der Waals surface area contributed by atoms with Crippen LogP contribution in [0, 0.1) is 0 Å². The van der Waals surface area contributed by atoms with Crippen LogP contribution in [0.3, 0.4) is 0 Å². The summed E-state index contributed by atoms with van der Waals surface area (Å²) in [6.45, 7) is 1.94. The van der Waals surface area contributed by atoms with Crippen LogP contribution in [0.2, 0.25) is 0 Å². The number of nitrogens with zero attached hydrogens (tertiary/aromatic N) is 3. The molecule has 5 heteroatoms. The lowest BCUT2D eigenvalue weighted by molar-refractivity contribution is 0.790. The van der Waals surface area contributed by atoms with Crippen molar-refractivity contribution in [2.24, 2.45) is 5.73 Å². The Hall–Kier alpha value is -1.85. The Labute approximate surface area is 109 Å². The van der Waals surface area contributed by atoms with E-state index in [1.54, 1.807) is 23.7 Å². The first-order chi connectivity index (χ1) is 8.74. The van der Waals surface area contributed by atoms with Gasteiger partial charge in [0, 0.05) is 29.4 Å². The molecule has 2 heterocycles. The largest absolute Gasteiger partial charge is 0.323 e. The molecular formula is C13H12N4S. The van der Waals surface area contributed by atoms with Crippen LogP contribution in [0.15, 0.2) is 36.0 Å². The second-order valence-corrected chi connectivity index (χ2v) is 4.98. The number of rotatable bonds is 2. The molecule has 0 aliphatic carbocycles. The Morgan fingerprint density at radius 2 is 1.94 bits per heavy atom. The minimum atomic E-state index is -0.0322. The lowest BCUT2D eigenvalue weighted by Crippen LogP contribution is -2.04. The van der Waals surface area contributed by atoms with Crippen LogP contribution in [-0.2, 0) is 0 Å². The number of nitrogens with two attached hydrogens (primary N) is 1. The van der Waals surface area contributed by atoms with Gasteiger partial charge in [-0.05, 0) is 25.1 Å². The van der Waals surface area contributed by atoms with E-state index in [9.17, 15) is 0 Å². The van der Waals surface area contributed by atoms with Crippen molar-refractivity contribution in [1.82, 2.24) is 15.0 Å². The van der Waals surface area contributed by atoms with E-state index in [0.717, 1.165) is 27.3 Å². The molecule has 0 radical (unpaired) electrons. The molecule has 2 N–H and O–H groups in total. The first-order valence-corrected chi connectivity index (χ1v) is 6.54. The summed E-state index contributed by atoms with van der Waals surface area (Å²) in [5.41, 5.74) is 9.57. The maximum absolute atomic E-state index is 5.82. The Morgan fingerprint density at radius 1 is 1.17 bits per heavy atom. The van der Waals surface area contributed by atoms with Gasteiger partial charge in [0.25, 0.3) is 0 Å². The lowest BCUT2D eigenvalue weighted by atomic mass is 10.2. The molecule has 0 saturated heterocycles. The van der Waals surface area contributed by atoms with Crippen LogP contribution in [0.25, 0.3) is 21.6 Å². The molecule has 4 nitrogen and oxygen atoms in total. The average molecular weight is 256 g/mol. The highest BCUT2D eigenvalue weighted by molar-refractivity contribution is 7.13. The summed E-state index contributed by atoms with van der Waals surface area (Å²) in [7, 11) is 0. The summed E-state index contributed by atoms with van der Waals surface area (Å²) in [4.78, 5) is 13.1. The van der Waals surface area contributed by atoms with Crippen LogP contribution in [0.1, 0.15) is 18.7 Å². The molecule has 0 aliphatic rings. The van der Waals surface area contributed by atoms with Gasteiger partial charge in [-0.1, -0.05) is 0 Å². The van der Waals surface area contributed by atoms with Gasteiger partial charge in [0.2, 0.25) is 0 Å². The highest BCUT2D eigenvalue weighted by Crippen LogP contribution is 2.27. The highest BCUT2D eigenvalue weighted by atomic mass is 32.1. The highest BCUT2D eigenvalue weighted by Gasteiger charge is 2.08. The third-order valence-electron chi connectivity index (χ3n) is 2.70. The number of fused-ring (bicyclic) bond motifs is 1. The molecule has 1 aromatic carbocycles. The van der Waals surface area contributed by atoms with E-state index in [4.69, 9.17) is 5.73 Å². The number of thiazole rings is 1. The van der Waals surface area contributed by atoms with Gasteiger partial charge in [-0.25, -0.2) is 4.98 Å². The summed E-state index contributed by atoms with van der Waals surface area (Å²) in [6, 6.07) is 5.95. The monoisotopic (exact) mass is 256 g/mol. The Kier molecular flexibility index (Phi) is 2.77. The van der Waals surface area contributed by atoms with E-state index in [-0.39, 0.29) is 6.04 Å². The normalized spacial score (nSPS) is 12.8. The Balaban J connectivity index is 2.07. The maximum Gasteiger partial charge on any atom is 0.123 e. The fourth-order valence-electron chi connectivity index (χ4n) is 1.72. The molecule has 90 valence electrons. The molecule has 18 heavy (non-hydrogen) atoms. The first-order valence-electron chi connectivity index (χ1n) is 5.66. The van der Waals surface area contributed by atoms with Gasteiger partial charge >= 0.3 is 0 Å². The van der Waals surface area contributed by atoms with Crippen molar-refractivity contribution in [3.63, 3.8) is 0 Å². The SMILES string of the molecule is CC(N)c1csc(-c2ccc3nccnc3c2)n1. The van der Waals surface area contributed by atoms with Gasteiger partial charge in [-0.2, -0.15) is 0 Å². The predicted molar refractivity (Wildman–Crippen MR) is 73.2 cm³/mol. The zero-order valence-electron chi connectivity index (χ0n) is 9.87. The molecule has 0 fully saturated rings. The minimum Gasteiger partial charge on any atom is -0.323 e. The molecular weight excluding hydrogens is 244 g/mol. The molecule has 0 spiro atoms. The molecule has 0 amide bonds. The van der Waals surface area contributed by atoms with Crippen molar-refractivity contribution in [3.8, 4) is 10.6 Å². The second-order valence-electron chi connectivity index (χ2n) is 4.13. The smallest absolute Gasteiger partial charge is 0.123 e. The molecule has 0 bridgehead atoms. The molecule has 0 saturated carbocycles. The summed E-state index contributed by atoms with van der Waals surface area (Å²) in [5, 5.41) is 2.97. The topological polar surface area (TPSA) is 64.7 Å². The Morgan fingerprint density at radius 3 is 2.67 bits per heavy atom. The lowest BCUT2D eigenvalue weighted by Gasteiger charge is -2.00. The van der Waals surface area contributed by atoms with E-state index >= 15 is 0 Å². The first kappa shape index (κ1) is 11.3. The fourth-order valence-corrected chi connectivity index (χ4v) is 2.65. The third kappa shape index (κ3) is 1.98. The zero-order chi connectivity index (χ0) is 12.5. The third-order valence-corrected chi connectivity index (χ3v) is 3.61. The number of hydrogen-bond acceptors (Lipinski definition) is 5. The summed E-state index contributed by atoms with van der Waals surface area (Å²) >= 11 is 1.60. The maximum atomic E-state index is 5.82. The van der Waals surface area contributed by atoms with Crippen LogP contribution < -0.4 is 5.73 Å². The van der Waals surface area contributed by atoms with Crippen LogP contribution in [-0.4, -0.2) is 15.0 Å². The molecule has 3 aromatic rings.